The molecule has 15 heavy (non-hydrogen) atoms. The number of halogens is 3. The number of rotatable bonds is 2. The van der Waals surface area contributed by atoms with Crippen LogP contribution < -0.4 is 0 Å². The Morgan fingerprint density at radius 2 is 1.80 bits per heavy atom. The lowest BCUT2D eigenvalue weighted by Crippen LogP contribution is -2.10. The summed E-state index contributed by atoms with van der Waals surface area (Å²) in [5.74, 6) is -0.104. The van der Waals surface area contributed by atoms with Crippen LogP contribution in [0.4, 0.5) is 13.2 Å². The molecule has 1 aromatic rings. The topological polar surface area (TPSA) is 0 Å². The molecule has 1 rings (SSSR count). The van der Waals surface area contributed by atoms with Gasteiger partial charge in [0.1, 0.15) is 0 Å². The van der Waals surface area contributed by atoms with Gasteiger partial charge in [0, 0.05) is 0 Å². The summed E-state index contributed by atoms with van der Waals surface area (Å²) < 4.78 is 37.9. The predicted octanol–water partition coefficient (Wildman–Crippen LogP) is 4.39. The monoisotopic (exact) mass is 216 g/mol. The lowest BCUT2D eigenvalue weighted by atomic mass is 9.94. The molecule has 0 radical (unpaired) electrons. The Morgan fingerprint density at radius 1 is 1.20 bits per heavy atom. The van der Waals surface area contributed by atoms with Gasteiger partial charge in [-0.2, -0.15) is 13.2 Å². The SMILES string of the molecule is CCc1ccc(C(F)(F)F)c(C(C)C)c1. The van der Waals surface area contributed by atoms with Gasteiger partial charge in [-0.15, -0.1) is 0 Å². The minimum Gasteiger partial charge on any atom is -0.166 e. The average molecular weight is 216 g/mol. The van der Waals surface area contributed by atoms with Crippen LogP contribution in [0, 0.1) is 0 Å². The minimum absolute atomic E-state index is 0.104. The molecule has 0 saturated heterocycles. The second-order valence-electron chi connectivity index (χ2n) is 3.93. The van der Waals surface area contributed by atoms with E-state index >= 15 is 0 Å². The molecular weight excluding hydrogens is 201 g/mol. The van der Waals surface area contributed by atoms with Gasteiger partial charge in [0.25, 0.3) is 0 Å². The Balaban J connectivity index is 3.28. The average Bonchev–Trinajstić information content (AvgIpc) is 2.15. The molecule has 0 saturated carbocycles. The summed E-state index contributed by atoms with van der Waals surface area (Å²) in [4.78, 5) is 0. The van der Waals surface area contributed by atoms with Crippen LogP contribution in [0.25, 0.3) is 0 Å². The fourth-order valence-corrected chi connectivity index (χ4v) is 1.57. The quantitative estimate of drug-likeness (QED) is 0.687. The van der Waals surface area contributed by atoms with E-state index in [9.17, 15) is 13.2 Å². The van der Waals surface area contributed by atoms with Gasteiger partial charge in [0.05, 0.1) is 5.56 Å². The molecule has 84 valence electrons. The smallest absolute Gasteiger partial charge is 0.166 e. The third kappa shape index (κ3) is 2.74. The predicted molar refractivity (Wildman–Crippen MR) is 54.9 cm³/mol. The molecule has 0 unspecified atom stereocenters. The minimum atomic E-state index is -4.24. The van der Waals surface area contributed by atoms with Crippen LogP contribution in [-0.4, -0.2) is 0 Å². The Kier molecular flexibility index (Phi) is 3.42. The Labute approximate surface area is 88.1 Å². The zero-order valence-electron chi connectivity index (χ0n) is 9.15. The first-order valence-electron chi connectivity index (χ1n) is 5.06. The molecule has 0 amide bonds. The summed E-state index contributed by atoms with van der Waals surface area (Å²) in [6.45, 7) is 5.50. The van der Waals surface area contributed by atoms with E-state index in [1.165, 1.54) is 6.07 Å². The highest BCUT2D eigenvalue weighted by atomic mass is 19.4. The zero-order chi connectivity index (χ0) is 11.6. The van der Waals surface area contributed by atoms with Crippen molar-refractivity contribution in [3.05, 3.63) is 34.9 Å². The molecule has 0 atom stereocenters. The number of hydrogen-bond donors (Lipinski definition) is 0. The summed E-state index contributed by atoms with van der Waals surface area (Å²) >= 11 is 0. The molecule has 0 heterocycles. The summed E-state index contributed by atoms with van der Waals surface area (Å²) in [5.41, 5.74) is 0.836. The Morgan fingerprint density at radius 3 is 2.20 bits per heavy atom. The first-order chi connectivity index (χ1) is 6.86. The number of aryl methyl sites for hydroxylation is 1. The van der Waals surface area contributed by atoms with Crippen molar-refractivity contribution in [2.24, 2.45) is 0 Å². The zero-order valence-corrected chi connectivity index (χ0v) is 9.15. The third-order valence-corrected chi connectivity index (χ3v) is 2.45. The van der Waals surface area contributed by atoms with Crippen molar-refractivity contribution in [1.82, 2.24) is 0 Å². The van der Waals surface area contributed by atoms with E-state index in [-0.39, 0.29) is 5.92 Å². The van der Waals surface area contributed by atoms with Gasteiger partial charge < -0.3 is 0 Å². The molecule has 0 aliphatic carbocycles. The number of hydrogen-bond acceptors (Lipinski definition) is 0. The summed E-state index contributed by atoms with van der Waals surface area (Å²) in [5, 5.41) is 0. The maximum atomic E-state index is 12.6. The van der Waals surface area contributed by atoms with Crippen molar-refractivity contribution >= 4 is 0 Å². The lowest BCUT2D eigenvalue weighted by Gasteiger charge is -2.16. The van der Waals surface area contributed by atoms with Crippen molar-refractivity contribution in [1.29, 1.82) is 0 Å². The largest absolute Gasteiger partial charge is 0.416 e. The van der Waals surface area contributed by atoms with E-state index in [0.717, 1.165) is 12.0 Å². The summed E-state index contributed by atoms with van der Waals surface area (Å²) in [7, 11) is 0. The van der Waals surface area contributed by atoms with Crippen LogP contribution in [-0.2, 0) is 12.6 Å². The second kappa shape index (κ2) is 4.25. The van der Waals surface area contributed by atoms with Crippen molar-refractivity contribution in [2.75, 3.05) is 0 Å². The van der Waals surface area contributed by atoms with E-state index in [4.69, 9.17) is 0 Å². The first-order valence-corrected chi connectivity index (χ1v) is 5.06. The summed E-state index contributed by atoms with van der Waals surface area (Å²) in [6, 6.07) is 4.40. The molecule has 0 spiro atoms. The van der Waals surface area contributed by atoms with Gasteiger partial charge in [-0.25, -0.2) is 0 Å². The molecular formula is C12H15F3. The Bertz CT molecular complexity index is 337. The number of benzene rings is 1. The lowest BCUT2D eigenvalue weighted by molar-refractivity contribution is -0.138. The number of alkyl halides is 3. The van der Waals surface area contributed by atoms with Crippen LogP contribution in [0.1, 0.15) is 43.4 Å². The fraction of sp³-hybridized carbons (Fsp3) is 0.500. The van der Waals surface area contributed by atoms with Crippen LogP contribution in [0.2, 0.25) is 0 Å². The van der Waals surface area contributed by atoms with E-state index in [1.54, 1.807) is 26.0 Å². The third-order valence-electron chi connectivity index (χ3n) is 2.45. The standard InChI is InChI=1S/C12H15F3/c1-4-9-5-6-11(12(13,14)15)10(7-9)8(2)3/h5-8H,4H2,1-3H3. The molecule has 0 N–H and O–H groups in total. The highest BCUT2D eigenvalue weighted by Crippen LogP contribution is 2.35. The van der Waals surface area contributed by atoms with Crippen LogP contribution in [0.3, 0.4) is 0 Å². The van der Waals surface area contributed by atoms with Crippen LogP contribution in [0.5, 0.6) is 0 Å². The second-order valence-corrected chi connectivity index (χ2v) is 3.93. The van der Waals surface area contributed by atoms with Crippen molar-refractivity contribution in [3.8, 4) is 0 Å². The summed E-state index contributed by atoms with van der Waals surface area (Å²) in [6.07, 6.45) is -3.48. The maximum Gasteiger partial charge on any atom is 0.416 e. The maximum absolute atomic E-state index is 12.6. The van der Waals surface area contributed by atoms with Gasteiger partial charge in [-0.1, -0.05) is 32.9 Å². The van der Waals surface area contributed by atoms with E-state index in [1.807, 2.05) is 6.92 Å². The molecule has 1 aromatic carbocycles. The van der Waals surface area contributed by atoms with E-state index in [0.29, 0.717) is 5.56 Å². The van der Waals surface area contributed by atoms with Crippen molar-refractivity contribution in [3.63, 3.8) is 0 Å². The fourth-order valence-electron chi connectivity index (χ4n) is 1.57. The van der Waals surface area contributed by atoms with E-state index < -0.39 is 11.7 Å². The molecule has 0 bridgehead atoms. The molecule has 3 heteroatoms. The molecule has 0 aromatic heterocycles. The van der Waals surface area contributed by atoms with Crippen molar-refractivity contribution in [2.45, 2.75) is 39.3 Å². The van der Waals surface area contributed by atoms with Gasteiger partial charge >= 0.3 is 6.18 Å². The first kappa shape index (κ1) is 12.1. The molecule has 0 nitrogen and oxygen atoms in total. The highest BCUT2D eigenvalue weighted by Gasteiger charge is 2.33. The van der Waals surface area contributed by atoms with E-state index in [2.05, 4.69) is 0 Å². The van der Waals surface area contributed by atoms with Crippen molar-refractivity contribution < 1.29 is 13.2 Å². The van der Waals surface area contributed by atoms with Gasteiger partial charge in [0.2, 0.25) is 0 Å². The molecule has 0 aliphatic rings. The highest BCUT2D eigenvalue weighted by molar-refractivity contribution is 5.36. The van der Waals surface area contributed by atoms with Crippen LogP contribution in [0.15, 0.2) is 18.2 Å². The molecule has 0 fully saturated rings. The van der Waals surface area contributed by atoms with Gasteiger partial charge in [-0.05, 0) is 29.5 Å². The van der Waals surface area contributed by atoms with Gasteiger partial charge in [0.15, 0.2) is 0 Å². The van der Waals surface area contributed by atoms with Crippen LogP contribution >= 0.6 is 0 Å². The van der Waals surface area contributed by atoms with Gasteiger partial charge in [-0.3, -0.25) is 0 Å². The Hall–Kier alpha value is -0.990. The molecule has 0 aliphatic heterocycles. The normalized spacial score (nSPS) is 12.2.